The summed E-state index contributed by atoms with van der Waals surface area (Å²) in [6.07, 6.45) is 1.72. The summed E-state index contributed by atoms with van der Waals surface area (Å²) in [6.45, 7) is 0. The summed E-state index contributed by atoms with van der Waals surface area (Å²) >= 11 is 0. The molecule has 3 aromatic rings. The molecule has 0 spiro atoms. The number of nitrogens with one attached hydrogen (secondary N) is 2. The molecule has 0 atom stereocenters. The average Bonchev–Trinajstić information content (AvgIpc) is 2.93. The van der Waals surface area contributed by atoms with Crippen LogP contribution in [0.3, 0.4) is 0 Å². The molecule has 5 heteroatoms. The van der Waals surface area contributed by atoms with Gasteiger partial charge in [-0.2, -0.15) is 4.98 Å². The van der Waals surface area contributed by atoms with Gasteiger partial charge in [0.2, 0.25) is 5.88 Å². The fourth-order valence-corrected chi connectivity index (χ4v) is 1.93. The van der Waals surface area contributed by atoms with Crippen LogP contribution in [-0.2, 0) is 0 Å². The summed E-state index contributed by atoms with van der Waals surface area (Å²) in [6, 6.07) is 12.5. The van der Waals surface area contributed by atoms with E-state index in [0.29, 0.717) is 17.1 Å². The predicted octanol–water partition coefficient (Wildman–Crippen LogP) is 2.14. The first-order valence-corrected chi connectivity index (χ1v) is 5.78. The SMILES string of the molecule is O=c1[nH]c(-c2ccc[nH]2)nc(O)c1-c1ccccc1. The van der Waals surface area contributed by atoms with E-state index in [-0.39, 0.29) is 17.0 Å². The zero-order chi connectivity index (χ0) is 13.2. The van der Waals surface area contributed by atoms with Crippen molar-refractivity contribution in [2.75, 3.05) is 0 Å². The van der Waals surface area contributed by atoms with E-state index in [0.717, 1.165) is 0 Å². The first kappa shape index (κ1) is 11.3. The number of nitrogens with zero attached hydrogens (tertiary/aromatic N) is 1. The molecule has 0 fully saturated rings. The predicted molar refractivity (Wildman–Crippen MR) is 71.7 cm³/mol. The van der Waals surface area contributed by atoms with Gasteiger partial charge in [-0.1, -0.05) is 30.3 Å². The maximum Gasteiger partial charge on any atom is 0.262 e. The Morgan fingerprint density at radius 2 is 1.84 bits per heavy atom. The van der Waals surface area contributed by atoms with E-state index in [2.05, 4.69) is 15.0 Å². The van der Waals surface area contributed by atoms with Crippen LogP contribution in [0.4, 0.5) is 0 Å². The van der Waals surface area contributed by atoms with Crippen molar-refractivity contribution >= 4 is 0 Å². The second-order valence-corrected chi connectivity index (χ2v) is 4.06. The van der Waals surface area contributed by atoms with Crippen LogP contribution in [0, 0.1) is 0 Å². The molecule has 0 saturated carbocycles. The first-order valence-electron chi connectivity index (χ1n) is 5.78. The molecule has 0 saturated heterocycles. The van der Waals surface area contributed by atoms with Crippen molar-refractivity contribution in [1.29, 1.82) is 0 Å². The minimum absolute atomic E-state index is 0.177. The van der Waals surface area contributed by atoms with Crippen LogP contribution < -0.4 is 5.56 Å². The van der Waals surface area contributed by atoms with E-state index >= 15 is 0 Å². The second kappa shape index (κ2) is 4.45. The Morgan fingerprint density at radius 1 is 1.05 bits per heavy atom. The van der Waals surface area contributed by atoms with Crippen LogP contribution in [0.1, 0.15) is 0 Å². The largest absolute Gasteiger partial charge is 0.493 e. The van der Waals surface area contributed by atoms with E-state index in [9.17, 15) is 9.90 Å². The van der Waals surface area contributed by atoms with Crippen LogP contribution in [0.2, 0.25) is 0 Å². The van der Waals surface area contributed by atoms with Crippen molar-refractivity contribution in [2.24, 2.45) is 0 Å². The zero-order valence-electron chi connectivity index (χ0n) is 9.92. The Hall–Kier alpha value is -2.82. The van der Waals surface area contributed by atoms with Gasteiger partial charge in [0.1, 0.15) is 5.56 Å². The molecule has 1 aromatic carbocycles. The molecule has 3 N–H and O–H groups in total. The molecule has 94 valence electrons. The Labute approximate surface area is 108 Å². The number of H-pyrrole nitrogens is 2. The highest BCUT2D eigenvalue weighted by Gasteiger charge is 2.13. The van der Waals surface area contributed by atoms with Crippen molar-refractivity contribution in [3.63, 3.8) is 0 Å². The van der Waals surface area contributed by atoms with Crippen LogP contribution in [0.5, 0.6) is 5.88 Å². The standard InChI is InChI=1S/C14H11N3O2/c18-13-11(9-5-2-1-3-6-9)14(19)17-12(16-13)10-7-4-8-15-10/h1-8,15H,(H2,16,17,18,19). The quantitative estimate of drug-likeness (QED) is 0.654. The number of hydrogen-bond acceptors (Lipinski definition) is 3. The highest BCUT2D eigenvalue weighted by molar-refractivity contribution is 5.68. The number of aromatic hydroxyl groups is 1. The van der Waals surface area contributed by atoms with Crippen molar-refractivity contribution in [3.05, 3.63) is 59.0 Å². The third-order valence-corrected chi connectivity index (χ3v) is 2.82. The molecule has 2 heterocycles. The Kier molecular flexibility index (Phi) is 2.64. The zero-order valence-corrected chi connectivity index (χ0v) is 9.92. The maximum atomic E-state index is 12.1. The van der Waals surface area contributed by atoms with E-state index < -0.39 is 0 Å². The Bertz CT molecular complexity index is 746. The lowest BCUT2D eigenvalue weighted by molar-refractivity contribution is 0.454. The lowest BCUT2D eigenvalue weighted by atomic mass is 10.1. The lowest BCUT2D eigenvalue weighted by Crippen LogP contribution is -2.12. The molecule has 2 aromatic heterocycles. The molecule has 0 unspecified atom stereocenters. The van der Waals surface area contributed by atoms with Gasteiger partial charge in [-0.15, -0.1) is 0 Å². The topological polar surface area (TPSA) is 81.8 Å². The van der Waals surface area contributed by atoms with Gasteiger partial charge < -0.3 is 15.1 Å². The smallest absolute Gasteiger partial charge is 0.262 e. The Morgan fingerprint density at radius 3 is 2.47 bits per heavy atom. The van der Waals surface area contributed by atoms with Gasteiger partial charge in [-0.25, -0.2) is 0 Å². The molecule has 5 nitrogen and oxygen atoms in total. The maximum absolute atomic E-state index is 12.1. The number of rotatable bonds is 2. The third-order valence-electron chi connectivity index (χ3n) is 2.82. The molecule has 19 heavy (non-hydrogen) atoms. The number of benzene rings is 1. The fraction of sp³-hybridized carbons (Fsp3) is 0. The lowest BCUT2D eigenvalue weighted by Gasteiger charge is -2.05. The summed E-state index contributed by atoms with van der Waals surface area (Å²) in [5, 5.41) is 9.98. The minimum atomic E-state index is -0.372. The van der Waals surface area contributed by atoms with E-state index in [4.69, 9.17) is 0 Å². The highest BCUT2D eigenvalue weighted by atomic mass is 16.3. The van der Waals surface area contributed by atoms with Crippen molar-refractivity contribution in [1.82, 2.24) is 15.0 Å². The fourth-order valence-electron chi connectivity index (χ4n) is 1.93. The number of hydrogen-bond donors (Lipinski definition) is 3. The number of aromatic nitrogens is 3. The van der Waals surface area contributed by atoms with E-state index in [1.54, 1.807) is 42.6 Å². The van der Waals surface area contributed by atoms with Crippen LogP contribution in [0.25, 0.3) is 22.6 Å². The van der Waals surface area contributed by atoms with Gasteiger partial charge >= 0.3 is 0 Å². The summed E-state index contributed by atoms with van der Waals surface area (Å²) in [5.41, 5.74) is 1.08. The minimum Gasteiger partial charge on any atom is -0.493 e. The van der Waals surface area contributed by atoms with Crippen LogP contribution in [-0.4, -0.2) is 20.1 Å². The van der Waals surface area contributed by atoms with Crippen LogP contribution in [0.15, 0.2) is 53.5 Å². The van der Waals surface area contributed by atoms with E-state index in [1.165, 1.54) is 0 Å². The monoisotopic (exact) mass is 253 g/mol. The summed E-state index contributed by atoms with van der Waals surface area (Å²) in [5.74, 6) is 0.0340. The van der Waals surface area contributed by atoms with Gasteiger partial charge in [0, 0.05) is 6.20 Å². The van der Waals surface area contributed by atoms with E-state index in [1.807, 2.05) is 6.07 Å². The molecule has 0 aliphatic heterocycles. The molecular weight excluding hydrogens is 242 g/mol. The van der Waals surface area contributed by atoms with Gasteiger partial charge in [-0.05, 0) is 17.7 Å². The van der Waals surface area contributed by atoms with Crippen LogP contribution >= 0.6 is 0 Å². The molecule has 0 aliphatic rings. The first-order chi connectivity index (χ1) is 9.25. The second-order valence-electron chi connectivity index (χ2n) is 4.06. The highest BCUT2D eigenvalue weighted by Crippen LogP contribution is 2.24. The van der Waals surface area contributed by atoms with Gasteiger partial charge in [0.25, 0.3) is 5.56 Å². The Balaban J connectivity index is 2.17. The van der Waals surface area contributed by atoms with Gasteiger partial charge in [0.15, 0.2) is 5.82 Å². The molecule has 0 aliphatic carbocycles. The molecule has 0 bridgehead atoms. The summed E-state index contributed by atoms with van der Waals surface area (Å²) < 4.78 is 0. The summed E-state index contributed by atoms with van der Waals surface area (Å²) in [7, 11) is 0. The summed E-state index contributed by atoms with van der Waals surface area (Å²) in [4.78, 5) is 21.7. The molecule has 3 rings (SSSR count). The average molecular weight is 253 g/mol. The number of aromatic amines is 2. The van der Waals surface area contributed by atoms with Gasteiger partial charge in [0.05, 0.1) is 5.69 Å². The molecule has 0 amide bonds. The molecular formula is C14H11N3O2. The third kappa shape index (κ3) is 2.01. The van der Waals surface area contributed by atoms with Crippen molar-refractivity contribution < 1.29 is 5.11 Å². The normalized spacial score (nSPS) is 10.5. The van der Waals surface area contributed by atoms with Crippen molar-refractivity contribution in [3.8, 4) is 28.5 Å². The van der Waals surface area contributed by atoms with Gasteiger partial charge in [-0.3, -0.25) is 4.79 Å². The molecule has 0 radical (unpaired) electrons. The van der Waals surface area contributed by atoms with Crippen molar-refractivity contribution in [2.45, 2.75) is 0 Å².